The van der Waals surface area contributed by atoms with Crippen molar-refractivity contribution < 1.29 is 19.7 Å². The van der Waals surface area contributed by atoms with E-state index in [9.17, 15) is 9.90 Å². The monoisotopic (exact) mass is 279 g/mol. The minimum Gasteiger partial charge on any atom is -0.504 e. The third kappa shape index (κ3) is 3.98. The van der Waals surface area contributed by atoms with Crippen LogP contribution in [0.15, 0.2) is 23.2 Å². The number of carbonyl (C=O) groups is 1. The second kappa shape index (κ2) is 7.53. The van der Waals surface area contributed by atoms with Gasteiger partial charge in [-0.25, -0.2) is 4.79 Å². The van der Waals surface area contributed by atoms with Crippen LogP contribution in [0.1, 0.15) is 32.8 Å². The van der Waals surface area contributed by atoms with E-state index < -0.39 is 12.0 Å². The summed E-state index contributed by atoms with van der Waals surface area (Å²) in [6, 6.07) is 4.23. The van der Waals surface area contributed by atoms with Crippen molar-refractivity contribution in [2.45, 2.75) is 33.2 Å². The van der Waals surface area contributed by atoms with Crippen LogP contribution in [0.3, 0.4) is 0 Å². The molecule has 1 aromatic rings. The lowest BCUT2D eigenvalue weighted by atomic mass is 10.00. The van der Waals surface area contributed by atoms with Crippen molar-refractivity contribution in [1.29, 1.82) is 0 Å². The quantitative estimate of drug-likeness (QED) is 0.752. The molecule has 0 saturated carbocycles. The highest BCUT2D eigenvalue weighted by Crippen LogP contribution is 2.28. The Hall–Kier alpha value is -2.04. The van der Waals surface area contributed by atoms with Gasteiger partial charge in [-0.15, -0.1) is 0 Å². The molecular weight excluding hydrogens is 258 g/mol. The molecule has 0 aromatic heterocycles. The number of aliphatic carboxylic acids is 1. The first-order valence-corrected chi connectivity index (χ1v) is 6.72. The van der Waals surface area contributed by atoms with Crippen molar-refractivity contribution in [3.63, 3.8) is 0 Å². The Balaban J connectivity index is 2.99. The first-order chi connectivity index (χ1) is 9.51. The Morgan fingerprint density at radius 2 is 2.15 bits per heavy atom. The lowest BCUT2D eigenvalue weighted by Crippen LogP contribution is -2.25. The zero-order chi connectivity index (χ0) is 15.1. The van der Waals surface area contributed by atoms with Gasteiger partial charge in [0.05, 0.1) is 6.61 Å². The summed E-state index contributed by atoms with van der Waals surface area (Å²) in [6.45, 7) is 6.03. The fourth-order valence-corrected chi connectivity index (χ4v) is 1.75. The van der Waals surface area contributed by atoms with E-state index in [1.54, 1.807) is 18.2 Å². The van der Waals surface area contributed by atoms with Crippen LogP contribution < -0.4 is 4.74 Å². The van der Waals surface area contributed by atoms with Crippen molar-refractivity contribution >= 4 is 12.2 Å². The summed E-state index contributed by atoms with van der Waals surface area (Å²) in [5.74, 6) is -0.685. The third-order valence-electron chi connectivity index (χ3n) is 3.14. The van der Waals surface area contributed by atoms with Gasteiger partial charge in [0.25, 0.3) is 0 Å². The van der Waals surface area contributed by atoms with Crippen molar-refractivity contribution in [2.75, 3.05) is 6.61 Å². The molecule has 0 bridgehead atoms. The number of benzene rings is 1. The number of carboxylic acids is 1. The maximum absolute atomic E-state index is 11.2. The van der Waals surface area contributed by atoms with Crippen LogP contribution in [0, 0.1) is 5.92 Å². The average molecular weight is 279 g/mol. The molecule has 5 heteroatoms. The second-order valence-corrected chi connectivity index (χ2v) is 4.57. The zero-order valence-electron chi connectivity index (χ0n) is 12.0. The van der Waals surface area contributed by atoms with E-state index in [1.165, 1.54) is 6.21 Å². The number of hydrogen-bond acceptors (Lipinski definition) is 4. The molecule has 1 aromatic carbocycles. The molecule has 0 amide bonds. The lowest BCUT2D eigenvalue weighted by molar-refractivity contribution is -0.139. The molecule has 0 unspecified atom stereocenters. The van der Waals surface area contributed by atoms with Crippen molar-refractivity contribution in [2.24, 2.45) is 10.9 Å². The number of rotatable bonds is 7. The van der Waals surface area contributed by atoms with Crippen LogP contribution >= 0.6 is 0 Å². The normalized spacial score (nSPS) is 14.2. The smallest absolute Gasteiger partial charge is 0.328 e. The predicted octanol–water partition coefficient (Wildman–Crippen LogP) is 2.71. The van der Waals surface area contributed by atoms with Crippen LogP contribution in [0.4, 0.5) is 0 Å². The van der Waals surface area contributed by atoms with E-state index in [1.807, 2.05) is 20.8 Å². The van der Waals surface area contributed by atoms with Crippen LogP contribution in [0.25, 0.3) is 0 Å². The Bertz CT molecular complexity index is 485. The summed E-state index contributed by atoms with van der Waals surface area (Å²) < 4.78 is 5.27. The van der Waals surface area contributed by atoms with Gasteiger partial charge in [-0.05, 0) is 25.0 Å². The molecule has 0 aliphatic rings. The number of aliphatic imine (C=N–C) groups is 1. The zero-order valence-corrected chi connectivity index (χ0v) is 12.0. The van der Waals surface area contributed by atoms with Gasteiger partial charge in [-0.3, -0.25) is 4.99 Å². The third-order valence-corrected chi connectivity index (χ3v) is 3.14. The number of aromatic hydroxyl groups is 1. The first-order valence-electron chi connectivity index (χ1n) is 6.72. The van der Waals surface area contributed by atoms with Crippen LogP contribution in [0.5, 0.6) is 11.5 Å². The molecule has 110 valence electrons. The first kappa shape index (κ1) is 16.0. The summed E-state index contributed by atoms with van der Waals surface area (Å²) in [7, 11) is 0. The topological polar surface area (TPSA) is 79.1 Å². The molecule has 0 spiro atoms. The van der Waals surface area contributed by atoms with E-state index in [0.717, 1.165) is 6.42 Å². The van der Waals surface area contributed by atoms with E-state index in [4.69, 9.17) is 9.84 Å². The van der Waals surface area contributed by atoms with Gasteiger partial charge in [-0.2, -0.15) is 0 Å². The number of ether oxygens (including phenoxy) is 1. The molecule has 5 nitrogen and oxygen atoms in total. The Morgan fingerprint density at radius 3 is 2.70 bits per heavy atom. The Morgan fingerprint density at radius 1 is 1.45 bits per heavy atom. The molecule has 0 heterocycles. The standard InChI is InChI=1S/C15H21NO4/c1-4-10(3)13(15(18)19)16-9-11-7-6-8-12(14(11)17)20-5-2/h6-10,13,17H,4-5H2,1-3H3,(H,18,19)/t10-,13-/m0/s1. The molecule has 20 heavy (non-hydrogen) atoms. The van der Waals surface area contributed by atoms with Crippen LogP contribution in [-0.2, 0) is 4.79 Å². The highest BCUT2D eigenvalue weighted by molar-refractivity contribution is 5.87. The molecular formula is C15H21NO4. The molecule has 2 N–H and O–H groups in total. The fourth-order valence-electron chi connectivity index (χ4n) is 1.75. The number of phenolic OH excluding ortho intramolecular Hbond substituents is 1. The van der Waals surface area contributed by atoms with Gasteiger partial charge < -0.3 is 14.9 Å². The maximum Gasteiger partial charge on any atom is 0.328 e. The Labute approximate surface area is 118 Å². The molecule has 0 saturated heterocycles. The van der Waals surface area contributed by atoms with Gasteiger partial charge in [0.1, 0.15) is 6.04 Å². The summed E-state index contributed by atoms with van der Waals surface area (Å²) >= 11 is 0. The number of hydrogen-bond donors (Lipinski definition) is 2. The summed E-state index contributed by atoms with van der Waals surface area (Å²) in [5, 5.41) is 19.2. The van der Waals surface area contributed by atoms with E-state index in [0.29, 0.717) is 17.9 Å². The molecule has 1 rings (SSSR count). The number of nitrogens with zero attached hydrogens (tertiary/aromatic N) is 1. The van der Waals surface area contributed by atoms with Gasteiger partial charge in [0.15, 0.2) is 11.5 Å². The summed E-state index contributed by atoms with van der Waals surface area (Å²) in [6.07, 6.45) is 2.11. The molecule has 0 fully saturated rings. The molecule has 0 aliphatic heterocycles. The minimum atomic E-state index is -0.962. The van der Waals surface area contributed by atoms with Crippen molar-refractivity contribution in [1.82, 2.24) is 0 Å². The Kier molecular flexibility index (Phi) is 6.03. The minimum absolute atomic E-state index is 0.0219. The number of carboxylic acid groups (broad SMARTS) is 1. The second-order valence-electron chi connectivity index (χ2n) is 4.57. The fraction of sp³-hybridized carbons (Fsp3) is 0.467. The van der Waals surface area contributed by atoms with Gasteiger partial charge >= 0.3 is 5.97 Å². The largest absolute Gasteiger partial charge is 0.504 e. The number of phenols is 1. The van der Waals surface area contributed by atoms with Crippen LogP contribution in [-0.4, -0.2) is 35.0 Å². The number of para-hydroxylation sites is 1. The van der Waals surface area contributed by atoms with E-state index in [2.05, 4.69) is 4.99 Å². The molecule has 0 aliphatic carbocycles. The van der Waals surface area contributed by atoms with Crippen molar-refractivity contribution in [3.05, 3.63) is 23.8 Å². The maximum atomic E-state index is 11.2. The highest BCUT2D eigenvalue weighted by Gasteiger charge is 2.21. The SMILES string of the molecule is CCOc1cccc(C=N[C@H](C(=O)O)[C@@H](C)CC)c1O. The molecule has 0 radical (unpaired) electrons. The summed E-state index contributed by atoms with van der Waals surface area (Å²) in [5.41, 5.74) is 0.450. The highest BCUT2D eigenvalue weighted by atomic mass is 16.5. The van der Waals surface area contributed by atoms with Gasteiger partial charge in [-0.1, -0.05) is 26.3 Å². The predicted molar refractivity (Wildman–Crippen MR) is 77.7 cm³/mol. The van der Waals surface area contributed by atoms with Crippen molar-refractivity contribution in [3.8, 4) is 11.5 Å². The molecule has 2 atom stereocenters. The summed E-state index contributed by atoms with van der Waals surface area (Å²) in [4.78, 5) is 15.3. The van der Waals surface area contributed by atoms with Crippen LogP contribution in [0.2, 0.25) is 0 Å². The van der Waals surface area contributed by atoms with E-state index in [-0.39, 0.29) is 11.7 Å². The lowest BCUT2D eigenvalue weighted by Gasteiger charge is -2.14. The van der Waals surface area contributed by atoms with E-state index >= 15 is 0 Å². The average Bonchev–Trinajstić information content (AvgIpc) is 2.42. The van der Waals surface area contributed by atoms with Gasteiger partial charge in [0, 0.05) is 11.8 Å². The van der Waals surface area contributed by atoms with Gasteiger partial charge in [0.2, 0.25) is 0 Å².